The molecule has 1 nitrogen and oxygen atoms in total. The van der Waals surface area contributed by atoms with Crippen molar-refractivity contribution < 1.29 is 0 Å². The van der Waals surface area contributed by atoms with Crippen LogP contribution in [0.1, 0.15) is 0 Å². The van der Waals surface area contributed by atoms with Gasteiger partial charge < -0.3 is 0 Å². The van der Waals surface area contributed by atoms with E-state index in [1.807, 2.05) is 0 Å². The summed E-state index contributed by atoms with van der Waals surface area (Å²) >= 11 is 21.6. The molecule has 0 spiro atoms. The van der Waals surface area contributed by atoms with Crippen LogP contribution in [0, 0.1) is 0 Å². The van der Waals surface area contributed by atoms with Crippen LogP contribution < -0.4 is 0 Å². The minimum absolute atomic E-state index is 0.366. The molecule has 12 heavy (non-hydrogen) atoms. The SMILES string of the molecule is S=C=Nc1c(Cl)cc(Cl)cc1Cl. The number of benzene rings is 1. The van der Waals surface area contributed by atoms with Crippen LogP contribution in [0.25, 0.3) is 0 Å². The summed E-state index contributed by atoms with van der Waals surface area (Å²) in [5, 5.41) is 3.38. The smallest absolute Gasteiger partial charge is 0.111 e. The molecule has 0 N–H and O–H groups in total. The van der Waals surface area contributed by atoms with Gasteiger partial charge in [-0.3, -0.25) is 0 Å². The number of nitrogens with zero attached hydrogens (tertiary/aromatic N) is 1. The van der Waals surface area contributed by atoms with Crippen molar-refractivity contribution in [3.63, 3.8) is 0 Å². The van der Waals surface area contributed by atoms with Gasteiger partial charge in [-0.1, -0.05) is 34.8 Å². The molecule has 0 amide bonds. The fraction of sp³-hybridized carbons (Fsp3) is 0. The first-order valence-corrected chi connectivity index (χ1v) is 4.42. The van der Waals surface area contributed by atoms with Crippen molar-refractivity contribution in [2.75, 3.05) is 0 Å². The van der Waals surface area contributed by atoms with E-state index in [1.165, 1.54) is 0 Å². The van der Waals surface area contributed by atoms with Gasteiger partial charge in [-0.15, -0.1) is 0 Å². The third-order valence-electron chi connectivity index (χ3n) is 1.14. The molecule has 1 rings (SSSR count). The molecule has 62 valence electrons. The topological polar surface area (TPSA) is 12.4 Å². The molecule has 0 heterocycles. The standard InChI is InChI=1S/C7H2Cl3NS/c8-4-1-5(9)7(11-3-12)6(10)2-4/h1-2H. The Morgan fingerprint density at radius 2 is 1.67 bits per heavy atom. The molecular weight excluding hydrogens is 237 g/mol. The molecule has 0 aliphatic carbocycles. The Bertz CT molecular complexity index is 335. The van der Waals surface area contributed by atoms with Gasteiger partial charge in [-0.05, 0) is 24.4 Å². The molecular formula is C7H2Cl3NS. The molecule has 0 unspecified atom stereocenters. The van der Waals surface area contributed by atoms with Crippen molar-refractivity contribution in [1.29, 1.82) is 0 Å². The summed E-state index contributed by atoms with van der Waals surface area (Å²) in [4.78, 5) is 3.69. The van der Waals surface area contributed by atoms with E-state index in [1.54, 1.807) is 12.1 Å². The predicted molar refractivity (Wildman–Crippen MR) is 56.2 cm³/mol. The van der Waals surface area contributed by atoms with Crippen LogP contribution in [0.4, 0.5) is 5.69 Å². The second-order valence-corrected chi connectivity index (χ2v) is 3.35. The van der Waals surface area contributed by atoms with Crippen LogP contribution in [0.2, 0.25) is 15.1 Å². The number of aliphatic imine (C=N–C) groups is 1. The van der Waals surface area contributed by atoms with Crippen LogP contribution in [-0.4, -0.2) is 5.16 Å². The zero-order chi connectivity index (χ0) is 9.14. The highest BCUT2D eigenvalue weighted by atomic mass is 35.5. The number of thiocarbonyl (C=S) groups is 1. The summed E-state index contributed by atoms with van der Waals surface area (Å²) in [5.74, 6) is 0. The Kier molecular flexibility index (Phi) is 3.51. The van der Waals surface area contributed by atoms with Crippen LogP contribution >= 0.6 is 47.0 Å². The maximum Gasteiger partial charge on any atom is 0.111 e. The average molecular weight is 239 g/mol. The van der Waals surface area contributed by atoms with Gasteiger partial charge in [0.15, 0.2) is 0 Å². The van der Waals surface area contributed by atoms with Gasteiger partial charge in [0.05, 0.1) is 15.2 Å². The lowest BCUT2D eigenvalue weighted by molar-refractivity contribution is 1.55. The molecule has 0 aromatic heterocycles. The van der Waals surface area contributed by atoms with E-state index in [-0.39, 0.29) is 0 Å². The van der Waals surface area contributed by atoms with Crippen molar-refractivity contribution >= 4 is 57.9 Å². The molecule has 0 saturated heterocycles. The number of halogens is 3. The predicted octanol–water partition coefficient (Wildman–Crippen LogP) is 4.38. The highest BCUT2D eigenvalue weighted by molar-refractivity contribution is 7.78. The lowest BCUT2D eigenvalue weighted by atomic mass is 10.3. The Morgan fingerprint density at radius 3 is 2.08 bits per heavy atom. The van der Waals surface area contributed by atoms with Gasteiger partial charge in [-0.25, -0.2) is 0 Å². The minimum atomic E-state index is 0.366. The van der Waals surface area contributed by atoms with Crippen molar-refractivity contribution in [1.82, 2.24) is 0 Å². The highest BCUT2D eigenvalue weighted by Crippen LogP contribution is 2.35. The van der Waals surface area contributed by atoms with Crippen LogP contribution in [0.15, 0.2) is 17.1 Å². The van der Waals surface area contributed by atoms with E-state index in [0.29, 0.717) is 20.8 Å². The number of rotatable bonds is 1. The van der Waals surface area contributed by atoms with Crippen molar-refractivity contribution in [3.8, 4) is 0 Å². The molecule has 0 aliphatic heterocycles. The Hall–Kier alpha value is -0.110. The number of hydrogen-bond acceptors (Lipinski definition) is 2. The molecule has 5 heteroatoms. The van der Waals surface area contributed by atoms with E-state index < -0.39 is 0 Å². The first-order chi connectivity index (χ1) is 5.65. The second kappa shape index (κ2) is 4.22. The largest absolute Gasteiger partial charge is 0.192 e. The highest BCUT2D eigenvalue weighted by Gasteiger charge is 2.05. The molecule has 0 bridgehead atoms. The molecule has 0 fully saturated rings. The second-order valence-electron chi connectivity index (χ2n) is 1.92. The summed E-state index contributed by atoms with van der Waals surface area (Å²) in [7, 11) is 0. The van der Waals surface area contributed by atoms with Gasteiger partial charge in [0, 0.05) is 5.02 Å². The van der Waals surface area contributed by atoms with Crippen molar-refractivity contribution in [3.05, 3.63) is 27.2 Å². The quantitative estimate of drug-likeness (QED) is 0.522. The molecule has 0 atom stereocenters. The van der Waals surface area contributed by atoms with E-state index in [2.05, 4.69) is 22.4 Å². The van der Waals surface area contributed by atoms with Crippen LogP contribution in [-0.2, 0) is 0 Å². The molecule has 0 saturated carbocycles. The summed E-state index contributed by atoms with van der Waals surface area (Å²) in [6.07, 6.45) is 0. The lowest BCUT2D eigenvalue weighted by Gasteiger charge is -1.99. The first-order valence-electron chi connectivity index (χ1n) is 2.87. The molecule has 1 aromatic rings. The first kappa shape index (κ1) is 9.97. The number of isothiocyanates is 1. The summed E-state index contributed by atoms with van der Waals surface area (Å²) in [6.45, 7) is 0. The minimum Gasteiger partial charge on any atom is -0.192 e. The third kappa shape index (κ3) is 2.19. The molecule has 0 aliphatic rings. The third-order valence-corrected chi connectivity index (χ3v) is 2.02. The maximum atomic E-state index is 5.76. The summed E-state index contributed by atoms with van der Waals surface area (Å²) in [5.41, 5.74) is 0.401. The zero-order valence-electron chi connectivity index (χ0n) is 5.64. The van der Waals surface area contributed by atoms with Crippen molar-refractivity contribution in [2.24, 2.45) is 4.99 Å². The van der Waals surface area contributed by atoms with Crippen molar-refractivity contribution in [2.45, 2.75) is 0 Å². The normalized spacial score (nSPS) is 9.25. The van der Waals surface area contributed by atoms with E-state index in [4.69, 9.17) is 34.8 Å². The Labute approximate surface area is 90.0 Å². The number of hydrogen-bond donors (Lipinski definition) is 0. The fourth-order valence-corrected chi connectivity index (χ4v) is 1.68. The Balaban J connectivity index is 3.37. The van der Waals surface area contributed by atoms with Gasteiger partial charge >= 0.3 is 0 Å². The maximum absolute atomic E-state index is 5.76. The van der Waals surface area contributed by atoms with Crippen LogP contribution in [0.5, 0.6) is 0 Å². The van der Waals surface area contributed by atoms with Crippen LogP contribution in [0.3, 0.4) is 0 Å². The summed E-state index contributed by atoms with van der Waals surface area (Å²) < 4.78 is 0. The van der Waals surface area contributed by atoms with Gasteiger partial charge in [0.2, 0.25) is 0 Å². The van der Waals surface area contributed by atoms with E-state index in [0.717, 1.165) is 0 Å². The van der Waals surface area contributed by atoms with E-state index >= 15 is 0 Å². The lowest BCUT2D eigenvalue weighted by Crippen LogP contribution is -1.71. The Morgan fingerprint density at radius 1 is 1.17 bits per heavy atom. The fourth-order valence-electron chi connectivity index (χ4n) is 0.687. The van der Waals surface area contributed by atoms with Gasteiger partial charge in [0.1, 0.15) is 5.69 Å². The van der Waals surface area contributed by atoms with E-state index in [9.17, 15) is 0 Å². The van der Waals surface area contributed by atoms with Gasteiger partial charge in [-0.2, -0.15) is 4.99 Å². The summed E-state index contributed by atoms with van der Waals surface area (Å²) in [6, 6.07) is 3.08. The molecule has 0 radical (unpaired) electrons. The average Bonchev–Trinajstić information content (AvgIpc) is 1.96. The molecule has 1 aromatic carbocycles. The monoisotopic (exact) mass is 237 g/mol. The zero-order valence-corrected chi connectivity index (χ0v) is 8.73. The van der Waals surface area contributed by atoms with Gasteiger partial charge in [0.25, 0.3) is 0 Å².